The molecule has 0 heterocycles. The molecule has 0 amide bonds. The van der Waals surface area contributed by atoms with Crippen LogP contribution in [0.1, 0.15) is 15.9 Å². The molecule has 0 saturated heterocycles. The molecule has 0 aliphatic carbocycles. The highest BCUT2D eigenvalue weighted by Crippen LogP contribution is 2.29. The van der Waals surface area contributed by atoms with Gasteiger partial charge in [-0.05, 0) is 12.1 Å². The summed E-state index contributed by atoms with van der Waals surface area (Å²) in [4.78, 5) is 10.3. The van der Waals surface area contributed by atoms with E-state index < -0.39 is 11.5 Å². The summed E-state index contributed by atoms with van der Waals surface area (Å²) in [7, 11) is 0. The van der Waals surface area contributed by atoms with E-state index in [9.17, 15) is 4.79 Å². The SMILES string of the molecule is N#Cc1ccc(O)c(O)c1C=O. The molecule has 60 valence electrons. The van der Waals surface area contributed by atoms with Crippen molar-refractivity contribution in [3.8, 4) is 17.6 Å². The molecule has 1 rings (SSSR count). The van der Waals surface area contributed by atoms with Gasteiger partial charge >= 0.3 is 0 Å². The van der Waals surface area contributed by atoms with Crippen LogP contribution < -0.4 is 0 Å². The Hall–Kier alpha value is -2.02. The molecule has 0 saturated carbocycles. The highest BCUT2D eigenvalue weighted by molar-refractivity contribution is 5.84. The molecule has 2 N–H and O–H groups in total. The van der Waals surface area contributed by atoms with Crippen LogP contribution >= 0.6 is 0 Å². The zero-order valence-electron chi connectivity index (χ0n) is 5.98. The quantitative estimate of drug-likeness (QED) is 0.473. The maximum Gasteiger partial charge on any atom is 0.169 e. The van der Waals surface area contributed by atoms with Gasteiger partial charge in [0.05, 0.1) is 11.1 Å². The first-order chi connectivity index (χ1) is 5.70. The highest BCUT2D eigenvalue weighted by atomic mass is 16.3. The molecule has 0 aromatic heterocycles. The number of nitrogens with zero attached hydrogens (tertiary/aromatic N) is 1. The van der Waals surface area contributed by atoms with E-state index in [1.54, 1.807) is 6.07 Å². The summed E-state index contributed by atoms with van der Waals surface area (Å²) in [6, 6.07) is 4.13. The summed E-state index contributed by atoms with van der Waals surface area (Å²) < 4.78 is 0. The second-order valence-electron chi connectivity index (χ2n) is 2.12. The molecule has 1 aromatic rings. The molecule has 4 heteroatoms. The number of aromatic hydroxyl groups is 2. The summed E-state index contributed by atoms with van der Waals surface area (Å²) in [5.41, 5.74) is -0.141. The Labute approximate surface area is 68.3 Å². The zero-order valence-corrected chi connectivity index (χ0v) is 5.98. The average Bonchev–Trinajstić information content (AvgIpc) is 2.09. The van der Waals surface area contributed by atoms with Crippen molar-refractivity contribution < 1.29 is 15.0 Å². The van der Waals surface area contributed by atoms with Gasteiger partial charge in [0.25, 0.3) is 0 Å². The van der Waals surface area contributed by atoms with Gasteiger partial charge in [0.1, 0.15) is 6.07 Å². The molecule has 0 aliphatic rings. The predicted octanol–water partition coefficient (Wildman–Crippen LogP) is 0.782. The number of hydrogen-bond donors (Lipinski definition) is 2. The topological polar surface area (TPSA) is 81.3 Å². The molecule has 4 nitrogen and oxygen atoms in total. The molecule has 12 heavy (non-hydrogen) atoms. The van der Waals surface area contributed by atoms with Gasteiger partial charge in [0.2, 0.25) is 0 Å². The summed E-state index contributed by atoms with van der Waals surface area (Å²) in [5, 5.41) is 26.5. The number of aldehydes is 1. The Balaban J connectivity index is 3.48. The number of rotatable bonds is 1. The van der Waals surface area contributed by atoms with Crippen LogP contribution in [-0.4, -0.2) is 16.5 Å². The van der Waals surface area contributed by atoms with Crippen molar-refractivity contribution in [2.45, 2.75) is 0 Å². The lowest BCUT2D eigenvalue weighted by Gasteiger charge is -2.00. The van der Waals surface area contributed by atoms with Crippen LogP contribution in [0.5, 0.6) is 11.5 Å². The third kappa shape index (κ3) is 1.08. The molecular weight excluding hydrogens is 158 g/mol. The Kier molecular flexibility index (Phi) is 1.97. The van der Waals surface area contributed by atoms with Gasteiger partial charge in [-0.15, -0.1) is 0 Å². The molecule has 0 unspecified atom stereocenters. The molecule has 0 bridgehead atoms. The minimum absolute atomic E-state index is 0.0419. The van der Waals surface area contributed by atoms with Crippen molar-refractivity contribution in [1.82, 2.24) is 0 Å². The maximum absolute atomic E-state index is 10.3. The van der Waals surface area contributed by atoms with E-state index in [-0.39, 0.29) is 11.1 Å². The van der Waals surface area contributed by atoms with E-state index >= 15 is 0 Å². The Morgan fingerprint density at radius 1 is 1.42 bits per heavy atom. The van der Waals surface area contributed by atoms with Gasteiger partial charge in [-0.25, -0.2) is 0 Å². The predicted molar refractivity (Wildman–Crippen MR) is 39.9 cm³/mol. The second kappa shape index (κ2) is 2.93. The molecular formula is C8H5NO3. The van der Waals surface area contributed by atoms with E-state index in [4.69, 9.17) is 15.5 Å². The third-order valence-electron chi connectivity index (χ3n) is 1.43. The fraction of sp³-hybridized carbons (Fsp3) is 0. The van der Waals surface area contributed by atoms with Crippen molar-refractivity contribution in [2.75, 3.05) is 0 Å². The lowest BCUT2D eigenvalue weighted by molar-refractivity contribution is 0.112. The Morgan fingerprint density at radius 2 is 2.08 bits per heavy atom. The zero-order chi connectivity index (χ0) is 9.14. The minimum atomic E-state index is -0.552. The largest absolute Gasteiger partial charge is 0.504 e. The number of hydrogen-bond acceptors (Lipinski definition) is 4. The van der Waals surface area contributed by atoms with Crippen LogP contribution in [-0.2, 0) is 0 Å². The van der Waals surface area contributed by atoms with Crippen molar-refractivity contribution in [3.05, 3.63) is 23.3 Å². The van der Waals surface area contributed by atoms with Gasteiger partial charge in [-0.2, -0.15) is 5.26 Å². The van der Waals surface area contributed by atoms with Gasteiger partial charge in [0.15, 0.2) is 17.8 Å². The fourth-order valence-electron chi connectivity index (χ4n) is 0.813. The number of nitriles is 1. The summed E-state index contributed by atoms with van der Waals surface area (Å²) >= 11 is 0. The summed E-state index contributed by atoms with van der Waals surface area (Å²) in [5.74, 6) is -0.958. The van der Waals surface area contributed by atoms with Crippen LogP contribution in [0, 0.1) is 11.3 Å². The van der Waals surface area contributed by atoms with E-state index in [1.807, 2.05) is 0 Å². The van der Waals surface area contributed by atoms with Crippen molar-refractivity contribution in [3.63, 3.8) is 0 Å². The highest BCUT2D eigenvalue weighted by Gasteiger charge is 2.10. The number of benzene rings is 1. The number of phenolic OH excluding ortho intramolecular Hbond substituents is 2. The van der Waals surface area contributed by atoms with Gasteiger partial charge in [-0.1, -0.05) is 0 Å². The summed E-state index contributed by atoms with van der Waals surface area (Å²) in [6.07, 6.45) is 0.327. The van der Waals surface area contributed by atoms with Gasteiger partial charge < -0.3 is 10.2 Å². The maximum atomic E-state index is 10.3. The Bertz CT molecular complexity index is 365. The van der Waals surface area contributed by atoms with Crippen LogP contribution in [0.2, 0.25) is 0 Å². The smallest absolute Gasteiger partial charge is 0.169 e. The van der Waals surface area contributed by atoms with Gasteiger partial charge in [0, 0.05) is 0 Å². The summed E-state index contributed by atoms with van der Waals surface area (Å²) in [6.45, 7) is 0. The first-order valence-corrected chi connectivity index (χ1v) is 3.11. The van der Waals surface area contributed by atoms with E-state index in [0.717, 1.165) is 6.07 Å². The first-order valence-electron chi connectivity index (χ1n) is 3.11. The fourth-order valence-corrected chi connectivity index (χ4v) is 0.813. The van der Waals surface area contributed by atoms with Crippen molar-refractivity contribution in [2.24, 2.45) is 0 Å². The molecule has 0 atom stereocenters. The third-order valence-corrected chi connectivity index (χ3v) is 1.43. The van der Waals surface area contributed by atoms with Crippen LogP contribution in [0.4, 0.5) is 0 Å². The standard InChI is InChI=1S/C8H5NO3/c9-3-5-1-2-7(11)8(12)6(5)4-10/h1-2,4,11-12H. The van der Waals surface area contributed by atoms with Crippen LogP contribution in [0.3, 0.4) is 0 Å². The lowest BCUT2D eigenvalue weighted by atomic mass is 10.1. The molecule has 1 aromatic carbocycles. The normalized spacial score (nSPS) is 8.92. The van der Waals surface area contributed by atoms with Crippen molar-refractivity contribution >= 4 is 6.29 Å². The molecule has 0 spiro atoms. The monoisotopic (exact) mass is 163 g/mol. The molecule has 0 aliphatic heterocycles. The average molecular weight is 163 g/mol. The van der Waals surface area contributed by atoms with Crippen molar-refractivity contribution in [1.29, 1.82) is 5.26 Å². The van der Waals surface area contributed by atoms with E-state index in [2.05, 4.69) is 0 Å². The number of carbonyl (C=O) groups is 1. The van der Waals surface area contributed by atoms with E-state index in [1.165, 1.54) is 6.07 Å². The molecule has 0 fully saturated rings. The van der Waals surface area contributed by atoms with E-state index in [0.29, 0.717) is 6.29 Å². The number of carbonyl (C=O) groups excluding carboxylic acids is 1. The number of phenols is 2. The lowest BCUT2D eigenvalue weighted by Crippen LogP contribution is -1.87. The first kappa shape index (κ1) is 8.08. The Morgan fingerprint density at radius 3 is 2.58 bits per heavy atom. The van der Waals surface area contributed by atoms with Gasteiger partial charge in [-0.3, -0.25) is 4.79 Å². The van der Waals surface area contributed by atoms with Crippen LogP contribution in [0.15, 0.2) is 12.1 Å². The van der Waals surface area contributed by atoms with Crippen LogP contribution in [0.25, 0.3) is 0 Å². The minimum Gasteiger partial charge on any atom is -0.504 e. The molecule has 0 radical (unpaired) electrons. The second-order valence-corrected chi connectivity index (χ2v) is 2.12.